The first-order valence-corrected chi connectivity index (χ1v) is 15.6. The molecule has 0 saturated carbocycles. The van der Waals surface area contributed by atoms with Gasteiger partial charge in [-0.3, -0.25) is 0 Å². The van der Waals surface area contributed by atoms with Gasteiger partial charge in [0.25, 0.3) is 0 Å². The molecule has 0 spiro atoms. The number of benzene rings is 5. The van der Waals surface area contributed by atoms with Crippen LogP contribution in [0.4, 0.5) is 5.69 Å². The van der Waals surface area contributed by atoms with Crippen LogP contribution in [0.15, 0.2) is 138 Å². The molecule has 1 unspecified atom stereocenters. The van der Waals surface area contributed by atoms with Gasteiger partial charge in [-0.15, -0.1) is 0 Å². The first kappa shape index (κ1) is 29.2. The molecular weight excluding hydrogens is 536 g/mol. The number of hydrogen-bond acceptors (Lipinski definition) is 3. The fourth-order valence-corrected chi connectivity index (χ4v) is 6.08. The van der Waals surface area contributed by atoms with E-state index in [1.165, 1.54) is 16.7 Å². The number of anilines is 1. The zero-order valence-electron chi connectivity index (χ0n) is 26.0. The van der Waals surface area contributed by atoms with Gasteiger partial charge < -0.3 is 10.1 Å². The van der Waals surface area contributed by atoms with Crippen molar-refractivity contribution in [3.63, 3.8) is 0 Å². The molecule has 0 aromatic heterocycles. The van der Waals surface area contributed by atoms with Gasteiger partial charge in [0, 0.05) is 17.2 Å². The van der Waals surface area contributed by atoms with E-state index in [1.54, 1.807) is 0 Å². The van der Waals surface area contributed by atoms with Crippen LogP contribution in [0.2, 0.25) is 0 Å². The minimum Gasteiger partial charge on any atom is -0.475 e. The Bertz CT molecular complexity index is 1690. The van der Waals surface area contributed by atoms with E-state index in [0.29, 0.717) is 24.3 Å². The number of rotatable bonds is 9. The lowest BCUT2D eigenvalue weighted by molar-refractivity contribution is 0.319. The van der Waals surface area contributed by atoms with E-state index in [-0.39, 0.29) is 6.04 Å². The normalized spacial score (nSPS) is 14.9. The number of aliphatic imine (C=N–C) groups is 1. The Kier molecular flexibility index (Phi) is 8.74. The Morgan fingerprint density at radius 1 is 0.659 bits per heavy atom. The molecule has 3 heteroatoms. The lowest BCUT2D eigenvalue weighted by Gasteiger charge is -2.21. The van der Waals surface area contributed by atoms with Crippen LogP contribution in [0.5, 0.6) is 0 Å². The van der Waals surface area contributed by atoms with Gasteiger partial charge in [-0.1, -0.05) is 155 Å². The second-order valence-electron chi connectivity index (χ2n) is 12.0. The lowest BCUT2D eigenvalue weighted by Crippen LogP contribution is -2.09. The molecule has 6 rings (SSSR count). The van der Waals surface area contributed by atoms with Crippen molar-refractivity contribution >= 4 is 17.3 Å². The fourth-order valence-electron chi connectivity index (χ4n) is 6.08. The lowest BCUT2D eigenvalue weighted by atomic mass is 9.85. The van der Waals surface area contributed by atoms with Crippen LogP contribution in [0.25, 0.3) is 28.0 Å². The molecule has 5 aromatic carbocycles. The number of para-hydroxylation sites is 1. The number of nitrogens with zero attached hydrogens (tertiary/aromatic N) is 1. The van der Waals surface area contributed by atoms with Gasteiger partial charge in [0.1, 0.15) is 12.6 Å². The molecule has 0 radical (unpaired) electrons. The van der Waals surface area contributed by atoms with Crippen LogP contribution in [0.3, 0.4) is 0 Å². The number of nitrogens with one attached hydrogen (secondary N) is 1. The SMILES string of the molecule is CC(C)c1cccc(C(C)C)c1C1COC(C=C(Nc2c(-c3ccccc3)cccc2-c2ccccc2)c2ccccc2)=N1. The van der Waals surface area contributed by atoms with Crippen molar-refractivity contribution in [1.29, 1.82) is 0 Å². The van der Waals surface area contributed by atoms with Crippen LogP contribution in [-0.4, -0.2) is 12.5 Å². The van der Waals surface area contributed by atoms with Crippen molar-refractivity contribution in [3.05, 3.63) is 156 Å². The van der Waals surface area contributed by atoms with E-state index >= 15 is 0 Å². The summed E-state index contributed by atoms with van der Waals surface area (Å²) in [6, 6.07) is 44.7. The molecule has 0 amide bonds. The first-order chi connectivity index (χ1) is 21.5. The summed E-state index contributed by atoms with van der Waals surface area (Å²) in [4.78, 5) is 5.19. The first-order valence-electron chi connectivity index (χ1n) is 15.6. The zero-order valence-corrected chi connectivity index (χ0v) is 26.0. The summed E-state index contributed by atoms with van der Waals surface area (Å²) in [5.41, 5.74) is 11.6. The molecule has 1 heterocycles. The van der Waals surface area contributed by atoms with Gasteiger partial charge in [0.05, 0.1) is 11.4 Å². The third kappa shape index (κ3) is 6.23. The Labute approximate surface area is 262 Å². The van der Waals surface area contributed by atoms with Crippen LogP contribution < -0.4 is 5.32 Å². The van der Waals surface area contributed by atoms with E-state index in [0.717, 1.165) is 39.2 Å². The average Bonchev–Trinajstić information content (AvgIpc) is 3.53. The summed E-state index contributed by atoms with van der Waals surface area (Å²) >= 11 is 0. The Hall–Kier alpha value is -4.89. The summed E-state index contributed by atoms with van der Waals surface area (Å²) in [7, 11) is 0. The second-order valence-corrected chi connectivity index (χ2v) is 12.0. The number of ether oxygens (including phenoxy) is 1. The molecule has 220 valence electrons. The summed E-state index contributed by atoms with van der Waals surface area (Å²) in [5.74, 6) is 1.46. The van der Waals surface area contributed by atoms with Crippen molar-refractivity contribution in [2.24, 2.45) is 4.99 Å². The Balaban J connectivity index is 1.47. The summed E-state index contributed by atoms with van der Waals surface area (Å²) in [6.45, 7) is 9.57. The highest BCUT2D eigenvalue weighted by molar-refractivity contribution is 6.02. The summed E-state index contributed by atoms with van der Waals surface area (Å²) in [6.07, 6.45) is 2.07. The van der Waals surface area contributed by atoms with Crippen LogP contribution in [-0.2, 0) is 4.74 Å². The molecule has 1 aliphatic rings. The van der Waals surface area contributed by atoms with E-state index in [9.17, 15) is 0 Å². The molecule has 5 aromatic rings. The predicted octanol–water partition coefficient (Wildman–Crippen LogP) is 10.9. The Morgan fingerprint density at radius 2 is 1.16 bits per heavy atom. The summed E-state index contributed by atoms with van der Waals surface area (Å²) < 4.78 is 6.34. The zero-order chi connectivity index (χ0) is 30.5. The molecule has 0 saturated heterocycles. The van der Waals surface area contributed by atoms with Gasteiger partial charge in [0.15, 0.2) is 0 Å². The van der Waals surface area contributed by atoms with Gasteiger partial charge in [0.2, 0.25) is 5.90 Å². The molecule has 0 aliphatic carbocycles. The van der Waals surface area contributed by atoms with E-state index in [2.05, 4.69) is 160 Å². The maximum absolute atomic E-state index is 6.34. The molecule has 0 bridgehead atoms. The second kappa shape index (κ2) is 13.2. The van der Waals surface area contributed by atoms with E-state index in [4.69, 9.17) is 9.73 Å². The molecule has 0 fully saturated rings. The van der Waals surface area contributed by atoms with Crippen LogP contribution in [0, 0.1) is 0 Å². The van der Waals surface area contributed by atoms with Crippen molar-refractivity contribution < 1.29 is 4.74 Å². The van der Waals surface area contributed by atoms with Crippen molar-refractivity contribution in [2.45, 2.75) is 45.6 Å². The fraction of sp³-hybridized carbons (Fsp3) is 0.195. The van der Waals surface area contributed by atoms with Gasteiger partial charge in [-0.2, -0.15) is 0 Å². The maximum atomic E-state index is 6.34. The minimum absolute atomic E-state index is 0.0363. The van der Waals surface area contributed by atoms with Gasteiger partial charge >= 0.3 is 0 Å². The van der Waals surface area contributed by atoms with Gasteiger partial charge in [-0.05, 0) is 45.2 Å². The highest BCUT2D eigenvalue weighted by atomic mass is 16.5. The van der Waals surface area contributed by atoms with Crippen molar-refractivity contribution in [1.82, 2.24) is 0 Å². The number of hydrogen-bond donors (Lipinski definition) is 1. The largest absolute Gasteiger partial charge is 0.475 e. The standard InChI is InChI=1S/C41H40N2O/c1-28(2)33-22-14-23-34(29(3)4)40(33)38-27-44-39(42-38)26-37(32-20-12-7-13-21-32)43-41-35(30-16-8-5-9-17-30)24-15-25-36(41)31-18-10-6-11-19-31/h5-26,28-29,38,43H,27H2,1-4H3. The molecule has 1 atom stereocenters. The minimum atomic E-state index is -0.0363. The predicted molar refractivity (Wildman–Crippen MR) is 186 cm³/mol. The Morgan fingerprint density at radius 3 is 1.68 bits per heavy atom. The topological polar surface area (TPSA) is 33.6 Å². The van der Waals surface area contributed by atoms with Crippen LogP contribution in [0.1, 0.15) is 67.8 Å². The third-order valence-electron chi connectivity index (χ3n) is 8.27. The highest BCUT2D eigenvalue weighted by Gasteiger charge is 2.27. The monoisotopic (exact) mass is 576 g/mol. The van der Waals surface area contributed by atoms with E-state index in [1.807, 2.05) is 6.07 Å². The molecule has 1 N–H and O–H groups in total. The molecule has 1 aliphatic heterocycles. The summed E-state index contributed by atoms with van der Waals surface area (Å²) in [5, 5.41) is 3.87. The van der Waals surface area contributed by atoms with E-state index < -0.39 is 0 Å². The van der Waals surface area contributed by atoms with Crippen molar-refractivity contribution in [3.8, 4) is 22.3 Å². The average molecular weight is 577 g/mol. The molecule has 44 heavy (non-hydrogen) atoms. The smallest absolute Gasteiger partial charge is 0.211 e. The van der Waals surface area contributed by atoms with Gasteiger partial charge in [-0.25, -0.2) is 4.99 Å². The van der Waals surface area contributed by atoms with Crippen molar-refractivity contribution in [2.75, 3.05) is 11.9 Å². The third-order valence-corrected chi connectivity index (χ3v) is 8.27. The quantitative estimate of drug-likeness (QED) is 0.189. The molecular formula is C41H40N2O. The van der Waals surface area contributed by atoms with Crippen LogP contribution >= 0.6 is 0 Å². The highest BCUT2D eigenvalue weighted by Crippen LogP contribution is 2.40. The molecule has 3 nitrogen and oxygen atoms in total. The maximum Gasteiger partial charge on any atom is 0.211 e.